The van der Waals surface area contributed by atoms with Gasteiger partial charge < -0.3 is 28.4 Å². The van der Waals surface area contributed by atoms with Gasteiger partial charge in [-0.2, -0.15) is 0 Å². The zero-order valence-electron chi connectivity index (χ0n) is 17.3. The number of hydrogen-bond donors (Lipinski definition) is 0. The molecule has 0 atom stereocenters. The number of fused-ring (bicyclic) bond motifs is 1. The lowest BCUT2D eigenvalue weighted by molar-refractivity contribution is -0.870. The lowest BCUT2D eigenvalue weighted by atomic mass is 10.1. The number of benzene rings is 1. The van der Waals surface area contributed by atoms with E-state index in [0.29, 0.717) is 0 Å². The lowest BCUT2D eigenvalue weighted by Gasteiger charge is -2.23. The summed E-state index contributed by atoms with van der Waals surface area (Å²) in [6, 6.07) is 7.97. The Morgan fingerprint density at radius 1 is 0.846 bits per heavy atom. The van der Waals surface area contributed by atoms with Crippen LogP contribution < -0.4 is 0 Å². The van der Waals surface area contributed by atoms with Gasteiger partial charge in [-0.15, -0.1) is 0 Å². The SMILES string of the molecule is CCCCCCCCCCCC[N+](C)(C)C.[S-]c1nc2ccccc2s1. The molecule has 0 unspecified atom stereocenters. The van der Waals surface area contributed by atoms with Crippen molar-refractivity contribution in [1.29, 1.82) is 0 Å². The smallest absolute Gasteiger partial charge is 0.0780 e. The van der Waals surface area contributed by atoms with E-state index in [1.807, 2.05) is 24.3 Å². The minimum absolute atomic E-state index is 0.723. The van der Waals surface area contributed by atoms with Crippen LogP contribution in [0.15, 0.2) is 28.6 Å². The minimum Gasteiger partial charge on any atom is -0.408 e. The van der Waals surface area contributed by atoms with Gasteiger partial charge in [-0.1, -0.05) is 76.5 Å². The molecule has 0 fully saturated rings. The predicted octanol–water partition coefficient (Wildman–Crippen LogP) is 6.82. The van der Waals surface area contributed by atoms with Crippen molar-refractivity contribution < 1.29 is 4.48 Å². The zero-order chi connectivity index (χ0) is 19.3. The average Bonchev–Trinajstić information content (AvgIpc) is 2.96. The molecule has 0 radical (unpaired) electrons. The van der Waals surface area contributed by atoms with Gasteiger partial charge in [-0.3, -0.25) is 4.98 Å². The molecule has 1 aromatic carbocycles. The molecule has 2 aromatic rings. The largest absolute Gasteiger partial charge is 0.408 e. The van der Waals surface area contributed by atoms with Crippen LogP contribution in [0.1, 0.15) is 71.1 Å². The fourth-order valence-electron chi connectivity index (χ4n) is 2.92. The molecule has 0 amide bonds. The number of para-hydroxylation sites is 1. The highest BCUT2D eigenvalue weighted by molar-refractivity contribution is 7.63. The van der Waals surface area contributed by atoms with Gasteiger partial charge in [0.2, 0.25) is 0 Å². The Morgan fingerprint density at radius 3 is 1.92 bits per heavy atom. The highest BCUT2D eigenvalue weighted by Crippen LogP contribution is 2.20. The molecular weight excluding hydrogens is 356 g/mol. The first kappa shape index (κ1) is 23.3. The molecule has 2 nitrogen and oxygen atoms in total. The first-order valence-corrected chi connectivity index (χ1v) is 11.5. The maximum atomic E-state index is 4.92. The van der Waals surface area contributed by atoms with Crippen LogP contribution >= 0.6 is 11.3 Å². The lowest BCUT2D eigenvalue weighted by Crippen LogP contribution is -2.35. The van der Waals surface area contributed by atoms with Crippen molar-refractivity contribution in [3.8, 4) is 0 Å². The van der Waals surface area contributed by atoms with Crippen molar-refractivity contribution in [2.24, 2.45) is 0 Å². The van der Waals surface area contributed by atoms with E-state index in [2.05, 4.69) is 33.1 Å². The second-order valence-corrected chi connectivity index (χ2v) is 9.82. The fraction of sp³-hybridized carbons (Fsp3) is 0.682. The summed E-state index contributed by atoms with van der Waals surface area (Å²) in [5.74, 6) is 0. The van der Waals surface area contributed by atoms with E-state index in [9.17, 15) is 0 Å². The quantitative estimate of drug-likeness (QED) is 0.236. The fourth-order valence-corrected chi connectivity index (χ4v) is 3.99. The van der Waals surface area contributed by atoms with E-state index >= 15 is 0 Å². The van der Waals surface area contributed by atoms with Crippen molar-refractivity contribution >= 4 is 34.2 Å². The molecule has 0 spiro atoms. The molecule has 2 rings (SSSR count). The molecular formula is C22H38N2S2. The van der Waals surface area contributed by atoms with Crippen LogP contribution in [-0.2, 0) is 12.6 Å². The first-order valence-electron chi connectivity index (χ1n) is 10.3. The number of thiazole rings is 1. The van der Waals surface area contributed by atoms with Crippen LogP contribution in [0.2, 0.25) is 0 Å². The van der Waals surface area contributed by atoms with Crippen molar-refractivity contribution in [2.45, 2.75) is 75.5 Å². The molecule has 26 heavy (non-hydrogen) atoms. The van der Waals surface area contributed by atoms with Gasteiger partial charge in [-0.05, 0) is 27.9 Å². The van der Waals surface area contributed by atoms with Gasteiger partial charge >= 0.3 is 0 Å². The summed E-state index contributed by atoms with van der Waals surface area (Å²) in [7, 11) is 6.86. The summed E-state index contributed by atoms with van der Waals surface area (Å²) in [6.07, 6.45) is 14.4. The summed E-state index contributed by atoms with van der Waals surface area (Å²) in [4.78, 5) is 4.15. The standard InChI is InChI=1S/C15H34N.C7H5NS2/c1-5-6-7-8-9-10-11-12-13-14-15-16(2,3)4;9-7-8-5-3-1-2-4-6(5)10-7/h5-15H2,1-4H3;1-4H,(H,8,9)/q+1;/p-1. The van der Waals surface area contributed by atoms with Crippen LogP contribution in [0, 0.1) is 0 Å². The van der Waals surface area contributed by atoms with Crippen LogP contribution in [0.4, 0.5) is 0 Å². The highest BCUT2D eigenvalue weighted by atomic mass is 32.2. The van der Waals surface area contributed by atoms with Crippen molar-refractivity contribution in [3.63, 3.8) is 0 Å². The molecule has 148 valence electrons. The number of rotatable bonds is 11. The average molecular weight is 395 g/mol. The molecule has 0 N–H and O–H groups in total. The van der Waals surface area contributed by atoms with Gasteiger partial charge in [0.25, 0.3) is 0 Å². The molecule has 0 aliphatic heterocycles. The van der Waals surface area contributed by atoms with Crippen LogP contribution in [0.3, 0.4) is 0 Å². The summed E-state index contributed by atoms with van der Waals surface area (Å²) in [5.41, 5.74) is 1.01. The predicted molar refractivity (Wildman–Crippen MR) is 120 cm³/mol. The van der Waals surface area contributed by atoms with Gasteiger partial charge in [0.15, 0.2) is 0 Å². The Morgan fingerprint density at radius 2 is 1.38 bits per heavy atom. The Hall–Kier alpha value is -0.710. The zero-order valence-corrected chi connectivity index (χ0v) is 18.9. The minimum atomic E-state index is 0.723. The van der Waals surface area contributed by atoms with Crippen molar-refractivity contribution in [3.05, 3.63) is 24.3 Å². The number of unbranched alkanes of at least 4 members (excludes halogenated alkanes) is 9. The third-order valence-corrected chi connectivity index (χ3v) is 5.63. The maximum Gasteiger partial charge on any atom is 0.0780 e. The molecule has 0 saturated carbocycles. The second-order valence-electron chi connectivity index (χ2n) is 8.14. The molecule has 1 aromatic heterocycles. The third-order valence-electron chi connectivity index (χ3n) is 4.46. The van der Waals surface area contributed by atoms with Gasteiger partial charge in [0, 0.05) is 0 Å². The molecule has 0 bridgehead atoms. The van der Waals surface area contributed by atoms with Gasteiger partial charge in [-0.25, -0.2) is 0 Å². The summed E-state index contributed by atoms with van der Waals surface area (Å²) >= 11 is 6.48. The van der Waals surface area contributed by atoms with E-state index in [1.54, 1.807) is 11.3 Å². The third kappa shape index (κ3) is 11.8. The van der Waals surface area contributed by atoms with Gasteiger partial charge in [0.05, 0.1) is 33.2 Å². The normalized spacial score (nSPS) is 11.4. The van der Waals surface area contributed by atoms with E-state index in [-0.39, 0.29) is 0 Å². The number of aromatic nitrogens is 1. The molecule has 0 aliphatic rings. The van der Waals surface area contributed by atoms with E-state index in [4.69, 9.17) is 12.6 Å². The van der Waals surface area contributed by atoms with Crippen LogP contribution in [0.25, 0.3) is 10.2 Å². The van der Waals surface area contributed by atoms with E-state index in [0.717, 1.165) is 14.3 Å². The Kier molecular flexibility index (Phi) is 12.1. The monoisotopic (exact) mass is 394 g/mol. The maximum absolute atomic E-state index is 4.92. The number of nitrogens with zero attached hydrogens (tertiary/aromatic N) is 2. The molecule has 0 saturated heterocycles. The van der Waals surface area contributed by atoms with Crippen LogP contribution in [-0.4, -0.2) is 37.2 Å². The summed E-state index contributed by atoms with van der Waals surface area (Å²) in [6.45, 7) is 3.62. The Bertz CT molecular complexity index is 554. The van der Waals surface area contributed by atoms with Gasteiger partial charge in [0.1, 0.15) is 0 Å². The summed E-state index contributed by atoms with van der Waals surface area (Å²) in [5, 5.41) is 0. The first-order chi connectivity index (χ1) is 12.4. The Balaban J connectivity index is 0.000000284. The summed E-state index contributed by atoms with van der Waals surface area (Å²) < 4.78 is 3.02. The molecule has 0 aliphatic carbocycles. The highest BCUT2D eigenvalue weighted by Gasteiger charge is 2.04. The number of hydrogen-bond acceptors (Lipinski definition) is 3. The topological polar surface area (TPSA) is 12.9 Å². The van der Waals surface area contributed by atoms with E-state index in [1.165, 1.54) is 75.5 Å². The molecule has 4 heteroatoms. The number of quaternary nitrogens is 1. The Labute approximate surface area is 171 Å². The van der Waals surface area contributed by atoms with E-state index < -0.39 is 0 Å². The molecule has 1 heterocycles. The van der Waals surface area contributed by atoms with Crippen LogP contribution in [0.5, 0.6) is 0 Å². The second kappa shape index (κ2) is 13.5. The van der Waals surface area contributed by atoms with Crippen molar-refractivity contribution in [1.82, 2.24) is 4.98 Å². The van der Waals surface area contributed by atoms with Crippen molar-refractivity contribution in [2.75, 3.05) is 27.7 Å².